The zero-order valence-corrected chi connectivity index (χ0v) is 42.2. The number of carbonyl (C=O) groups excluding carboxylic acids is 2. The first kappa shape index (κ1) is 60.5. The molecule has 0 aromatic rings. The van der Waals surface area contributed by atoms with E-state index in [-0.39, 0.29) is 32.0 Å². The van der Waals surface area contributed by atoms with E-state index in [1.165, 1.54) is 161 Å². The first-order valence-corrected chi connectivity index (χ1v) is 27.5. The van der Waals surface area contributed by atoms with Crippen molar-refractivity contribution < 1.29 is 42.1 Å². The predicted molar refractivity (Wildman–Crippen MR) is 259 cm³/mol. The number of unbranched alkanes of at least 4 members (excludes halogenated alkanes) is 30. The maximum Gasteiger partial charge on any atom is 0.306 e. The molecule has 0 aromatic carbocycles. The summed E-state index contributed by atoms with van der Waals surface area (Å²) in [6, 6.07) is 0. The Morgan fingerprint density at radius 1 is 0.500 bits per heavy atom. The summed E-state index contributed by atoms with van der Waals surface area (Å²) in [7, 11) is 1.17. The molecule has 0 rings (SSSR count). The molecule has 0 amide bonds. The van der Waals surface area contributed by atoms with Gasteiger partial charge in [-0.2, -0.15) is 0 Å². The minimum absolute atomic E-state index is 0.0304. The summed E-state index contributed by atoms with van der Waals surface area (Å²) in [6.45, 7) is 4.24. The summed E-state index contributed by atoms with van der Waals surface area (Å²) in [6.07, 6.45) is 50.6. The van der Waals surface area contributed by atoms with Crippen LogP contribution in [-0.2, 0) is 32.7 Å². The smallest absolute Gasteiger partial charge is 0.306 e. The largest absolute Gasteiger partial charge is 0.756 e. The van der Waals surface area contributed by atoms with Crippen LogP contribution < -0.4 is 4.89 Å². The molecular formula is C52H100NO8P. The number of allylic oxidation sites excluding steroid dienone is 4. The standard InChI is InChI=1S/C52H100NO8P/c1-6-8-10-12-14-16-18-20-22-24-25-26-27-29-30-32-34-36-38-40-42-44-51(54)58-48-50(49-60-62(56,57)59-47-46-53(3,4)5)61-52(55)45-43-41-39-37-35-33-31-28-23-21-19-17-15-13-11-9-7-2/h15,17,21,23,50H,6-14,16,18-20,22,24-49H2,1-5H3/b17-15-,23-21-/t50-/m1/s1. The molecule has 1 unspecified atom stereocenters. The quantitative estimate of drug-likeness (QED) is 0.0195. The highest BCUT2D eigenvalue weighted by Gasteiger charge is 2.21. The van der Waals surface area contributed by atoms with E-state index in [0.717, 1.165) is 51.4 Å². The zero-order valence-electron chi connectivity index (χ0n) is 41.3. The van der Waals surface area contributed by atoms with Crippen LogP contribution in [0.4, 0.5) is 0 Å². The number of likely N-dealkylation sites (N-methyl/N-ethyl adjacent to an activating group) is 1. The molecular weight excluding hydrogens is 798 g/mol. The molecule has 9 nitrogen and oxygen atoms in total. The molecule has 0 aliphatic heterocycles. The van der Waals surface area contributed by atoms with E-state index < -0.39 is 26.5 Å². The molecule has 2 atom stereocenters. The van der Waals surface area contributed by atoms with Crippen molar-refractivity contribution in [3.05, 3.63) is 24.3 Å². The van der Waals surface area contributed by atoms with Gasteiger partial charge in [-0.15, -0.1) is 0 Å². The van der Waals surface area contributed by atoms with Crippen molar-refractivity contribution in [1.29, 1.82) is 0 Å². The summed E-state index contributed by atoms with van der Waals surface area (Å²) >= 11 is 0. The summed E-state index contributed by atoms with van der Waals surface area (Å²) in [5, 5.41) is 0. The number of rotatable bonds is 48. The Kier molecular flexibility index (Phi) is 43.6. The molecule has 0 heterocycles. The fourth-order valence-corrected chi connectivity index (χ4v) is 8.12. The van der Waals surface area contributed by atoms with Gasteiger partial charge >= 0.3 is 11.9 Å². The second-order valence-electron chi connectivity index (χ2n) is 18.9. The molecule has 0 fully saturated rings. The second-order valence-corrected chi connectivity index (χ2v) is 20.3. The number of quaternary nitrogens is 1. The lowest BCUT2D eigenvalue weighted by atomic mass is 10.0. The molecule has 0 aliphatic rings. The van der Waals surface area contributed by atoms with Gasteiger partial charge in [0, 0.05) is 12.8 Å². The predicted octanol–water partition coefficient (Wildman–Crippen LogP) is 14.8. The summed E-state index contributed by atoms with van der Waals surface area (Å²) in [5.41, 5.74) is 0. The van der Waals surface area contributed by atoms with Gasteiger partial charge in [-0.1, -0.05) is 212 Å². The Labute approximate surface area is 383 Å². The normalized spacial score (nSPS) is 13.6. The zero-order chi connectivity index (χ0) is 45.7. The molecule has 0 saturated heterocycles. The molecule has 0 spiro atoms. The van der Waals surface area contributed by atoms with Gasteiger partial charge in [-0.05, 0) is 44.9 Å². The fraction of sp³-hybridized carbons (Fsp3) is 0.885. The lowest BCUT2D eigenvalue weighted by Gasteiger charge is -2.28. The van der Waals surface area contributed by atoms with Crippen molar-refractivity contribution in [1.82, 2.24) is 0 Å². The van der Waals surface area contributed by atoms with Crippen molar-refractivity contribution in [2.45, 2.75) is 251 Å². The number of hydrogen-bond donors (Lipinski definition) is 0. The first-order chi connectivity index (χ1) is 30.0. The number of hydrogen-bond acceptors (Lipinski definition) is 8. The average molecular weight is 898 g/mol. The Bertz CT molecular complexity index is 1110. The van der Waals surface area contributed by atoms with Crippen LogP contribution in [0.15, 0.2) is 24.3 Å². The van der Waals surface area contributed by atoms with Crippen LogP contribution in [0.1, 0.15) is 245 Å². The number of phosphoric ester groups is 1. The van der Waals surface area contributed by atoms with E-state index in [1.54, 1.807) is 0 Å². The minimum Gasteiger partial charge on any atom is -0.756 e. The monoisotopic (exact) mass is 898 g/mol. The van der Waals surface area contributed by atoms with Crippen molar-refractivity contribution >= 4 is 19.8 Å². The molecule has 0 radical (unpaired) electrons. The maximum absolute atomic E-state index is 12.7. The van der Waals surface area contributed by atoms with Gasteiger partial charge < -0.3 is 27.9 Å². The summed E-state index contributed by atoms with van der Waals surface area (Å²) in [4.78, 5) is 37.7. The highest BCUT2D eigenvalue weighted by molar-refractivity contribution is 7.45. The molecule has 366 valence electrons. The van der Waals surface area contributed by atoms with Crippen molar-refractivity contribution in [2.75, 3.05) is 47.5 Å². The van der Waals surface area contributed by atoms with E-state index in [9.17, 15) is 19.0 Å². The molecule has 62 heavy (non-hydrogen) atoms. The van der Waals surface area contributed by atoms with E-state index in [1.807, 2.05) is 21.1 Å². The van der Waals surface area contributed by atoms with Crippen LogP contribution in [0.2, 0.25) is 0 Å². The second kappa shape index (κ2) is 44.7. The topological polar surface area (TPSA) is 111 Å². The van der Waals surface area contributed by atoms with Gasteiger partial charge in [0.05, 0.1) is 27.7 Å². The Balaban J connectivity index is 4.21. The number of esters is 2. The Hall–Kier alpha value is -1.51. The SMILES string of the molecule is CCCCC/C=C\C/C=C\CCCCCCCCCC(=O)O[C@H](COC(=O)CCCCCCCCCCCCCCCCCCCCCCC)COP(=O)([O-])OCC[N+](C)(C)C. The highest BCUT2D eigenvalue weighted by Crippen LogP contribution is 2.38. The van der Waals surface area contributed by atoms with E-state index in [2.05, 4.69) is 38.2 Å². The summed E-state index contributed by atoms with van der Waals surface area (Å²) < 4.78 is 34.1. The maximum atomic E-state index is 12.7. The third-order valence-corrected chi connectivity index (χ3v) is 12.4. The van der Waals surface area contributed by atoms with Crippen LogP contribution in [0.5, 0.6) is 0 Å². The number of carbonyl (C=O) groups is 2. The lowest BCUT2D eigenvalue weighted by Crippen LogP contribution is -2.37. The highest BCUT2D eigenvalue weighted by atomic mass is 31.2. The molecule has 0 aliphatic carbocycles. The van der Waals surface area contributed by atoms with Gasteiger partial charge in [-0.25, -0.2) is 0 Å². The van der Waals surface area contributed by atoms with Crippen molar-refractivity contribution in [3.63, 3.8) is 0 Å². The van der Waals surface area contributed by atoms with Gasteiger partial charge in [0.15, 0.2) is 6.10 Å². The van der Waals surface area contributed by atoms with Gasteiger partial charge in [-0.3, -0.25) is 14.2 Å². The summed E-state index contributed by atoms with van der Waals surface area (Å²) in [5.74, 6) is -0.831. The van der Waals surface area contributed by atoms with E-state index >= 15 is 0 Å². The average Bonchev–Trinajstić information content (AvgIpc) is 3.23. The lowest BCUT2D eigenvalue weighted by molar-refractivity contribution is -0.870. The van der Waals surface area contributed by atoms with Gasteiger partial charge in [0.25, 0.3) is 7.82 Å². The number of ether oxygens (including phenoxy) is 2. The van der Waals surface area contributed by atoms with Crippen LogP contribution in [0.3, 0.4) is 0 Å². The molecule has 0 N–H and O–H groups in total. The van der Waals surface area contributed by atoms with E-state index in [0.29, 0.717) is 17.4 Å². The molecule has 10 heteroatoms. The van der Waals surface area contributed by atoms with Crippen LogP contribution in [0, 0.1) is 0 Å². The molecule has 0 bridgehead atoms. The van der Waals surface area contributed by atoms with Gasteiger partial charge in [0.2, 0.25) is 0 Å². The molecule has 0 saturated carbocycles. The van der Waals surface area contributed by atoms with Crippen LogP contribution in [-0.4, -0.2) is 70.0 Å². The Morgan fingerprint density at radius 3 is 1.31 bits per heavy atom. The van der Waals surface area contributed by atoms with Crippen molar-refractivity contribution in [3.8, 4) is 0 Å². The van der Waals surface area contributed by atoms with Gasteiger partial charge in [0.1, 0.15) is 19.8 Å². The van der Waals surface area contributed by atoms with E-state index in [4.69, 9.17) is 18.5 Å². The number of nitrogens with zero attached hydrogens (tertiary/aromatic N) is 1. The van der Waals surface area contributed by atoms with Crippen LogP contribution >= 0.6 is 7.82 Å². The Morgan fingerprint density at radius 2 is 0.871 bits per heavy atom. The molecule has 0 aromatic heterocycles. The number of phosphoric acid groups is 1. The van der Waals surface area contributed by atoms with Crippen LogP contribution in [0.25, 0.3) is 0 Å². The first-order valence-electron chi connectivity index (χ1n) is 26.0. The third kappa shape index (κ3) is 48.0. The fourth-order valence-electron chi connectivity index (χ4n) is 7.39. The van der Waals surface area contributed by atoms with Crippen molar-refractivity contribution in [2.24, 2.45) is 0 Å². The third-order valence-electron chi connectivity index (χ3n) is 11.5. The minimum atomic E-state index is -4.63.